The van der Waals surface area contributed by atoms with Gasteiger partial charge in [0.15, 0.2) is 0 Å². The van der Waals surface area contributed by atoms with Gasteiger partial charge in [-0.05, 0) is 49.2 Å². The molecule has 0 aliphatic rings. The highest BCUT2D eigenvalue weighted by Crippen LogP contribution is 2.28. The van der Waals surface area contributed by atoms with E-state index in [9.17, 15) is 9.59 Å². The Morgan fingerprint density at radius 2 is 1.88 bits per heavy atom. The van der Waals surface area contributed by atoms with E-state index in [1.807, 2.05) is 32.0 Å². The van der Waals surface area contributed by atoms with Crippen molar-refractivity contribution in [1.29, 1.82) is 0 Å². The molecule has 5 nitrogen and oxygen atoms in total. The summed E-state index contributed by atoms with van der Waals surface area (Å²) in [4.78, 5) is 26.0. The molecule has 25 heavy (non-hydrogen) atoms. The van der Waals surface area contributed by atoms with Gasteiger partial charge < -0.3 is 15.0 Å². The molecule has 0 radical (unpaired) electrons. The summed E-state index contributed by atoms with van der Waals surface area (Å²) in [6.45, 7) is 5.19. The number of nitrogens with one attached hydrogen (secondary N) is 1. The number of carbonyl (C=O) groups is 2. The first-order chi connectivity index (χ1) is 11.8. The minimum absolute atomic E-state index is 0.102. The van der Waals surface area contributed by atoms with Crippen molar-refractivity contribution in [3.63, 3.8) is 0 Å². The predicted molar refractivity (Wildman–Crippen MR) is 101 cm³/mol. The molecular weight excluding hydrogens is 340 g/mol. The maximum atomic E-state index is 12.5. The van der Waals surface area contributed by atoms with E-state index in [0.29, 0.717) is 16.5 Å². The maximum absolute atomic E-state index is 12.5. The normalized spacial score (nSPS) is 10.3. The van der Waals surface area contributed by atoms with Crippen LogP contribution < -0.4 is 15.0 Å². The van der Waals surface area contributed by atoms with Gasteiger partial charge in [-0.2, -0.15) is 0 Å². The minimum Gasteiger partial charge on any atom is -0.495 e. The number of methoxy groups -OCH3 is 1. The molecule has 0 aromatic heterocycles. The van der Waals surface area contributed by atoms with Crippen molar-refractivity contribution in [3.05, 3.63) is 52.5 Å². The second kappa shape index (κ2) is 8.03. The molecule has 0 aliphatic heterocycles. The van der Waals surface area contributed by atoms with Crippen molar-refractivity contribution in [3.8, 4) is 5.75 Å². The predicted octanol–water partition coefficient (Wildman–Crippen LogP) is 3.96. The summed E-state index contributed by atoms with van der Waals surface area (Å²) >= 11 is 5.98. The quantitative estimate of drug-likeness (QED) is 0.878. The van der Waals surface area contributed by atoms with E-state index in [-0.39, 0.29) is 18.4 Å². The highest BCUT2D eigenvalue weighted by molar-refractivity contribution is 6.31. The van der Waals surface area contributed by atoms with Crippen LogP contribution in [0.2, 0.25) is 5.02 Å². The third kappa shape index (κ3) is 4.73. The third-order valence-corrected chi connectivity index (χ3v) is 4.01. The smallest absolute Gasteiger partial charge is 0.244 e. The molecule has 0 saturated carbocycles. The maximum Gasteiger partial charge on any atom is 0.244 e. The van der Waals surface area contributed by atoms with Crippen LogP contribution in [0.4, 0.5) is 11.4 Å². The number of aryl methyl sites for hydroxylation is 2. The van der Waals surface area contributed by atoms with Gasteiger partial charge in [0, 0.05) is 17.6 Å². The van der Waals surface area contributed by atoms with Gasteiger partial charge in [-0.1, -0.05) is 23.7 Å². The number of ether oxygens (including phenoxy) is 1. The van der Waals surface area contributed by atoms with Gasteiger partial charge in [-0.15, -0.1) is 0 Å². The van der Waals surface area contributed by atoms with Crippen LogP contribution in [-0.4, -0.2) is 25.5 Å². The van der Waals surface area contributed by atoms with Crippen LogP contribution in [0.15, 0.2) is 36.4 Å². The molecule has 2 amide bonds. The first-order valence-electron chi connectivity index (χ1n) is 7.80. The van der Waals surface area contributed by atoms with Gasteiger partial charge in [0.05, 0.1) is 12.8 Å². The van der Waals surface area contributed by atoms with E-state index in [2.05, 4.69) is 5.32 Å². The fraction of sp³-hybridized carbons (Fsp3) is 0.263. The van der Waals surface area contributed by atoms with Gasteiger partial charge in [0.25, 0.3) is 0 Å². The second-order valence-corrected chi connectivity index (χ2v) is 6.22. The van der Waals surface area contributed by atoms with E-state index in [1.54, 1.807) is 18.2 Å². The highest BCUT2D eigenvalue weighted by Gasteiger charge is 2.19. The number of amides is 2. The van der Waals surface area contributed by atoms with Crippen molar-refractivity contribution in [2.75, 3.05) is 23.9 Å². The van der Waals surface area contributed by atoms with Crippen LogP contribution in [0.25, 0.3) is 0 Å². The molecule has 1 N–H and O–H groups in total. The Morgan fingerprint density at radius 3 is 2.52 bits per heavy atom. The molecule has 0 unspecified atom stereocenters. The lowest BCUT2D eigenvalue weighted by Gasteiger charge is -2.23. The molecule has 2 rings (SSSR count). The molecule has 2 aromatic carbocycles. The van der Waals surface area contributed by atoms with Gasteiger partial charge in [0.1, 0.15) is 12.3 Å². The van der Waals surface area contributed by atoms with Gasteiger partial charge in [-0.3, -0.25) is 9.59 Å². The standard InChI is InChI=1S/C19H21ClN2O3/c1-12-5-6-13(2)17(9-12)22(14(3)23)11-19(24)21-16-10-15(20)7-8-18(16)25-4/h5-10H,11H2,1-4H3,(H,21,24). The lowest BCUT2D eigenvalue weighted by Crippen LogP contribution is -2.37. The summed E-state index contributed by atoms with van der Waals surface area (Å²) < 4.78 is 5.22. The lowest BCUT2D eigenvalue weighted by molar-refractivity contribution is -0.120. The second-order valence-electron chi connectivity index (χ2n) is 5.79. The van der Waals surface area contributed by atoms with Crippen molar-refractivity contribution >= 4 is 34.8 Å². The van der Waals surface area contributed by atoms with Crippen LogP contribution in [0, 0.1) is 13.8 Å². The summed E-state index contributed by atoms with van der Waals surface area (Å²) in [6, 6.07) is 10.7. The average Bonchev–Trinajstić information content (AvgIpc) is 2.55. The zero-order valence-corrected chi connectivity index (χ0v) is 15.5. The summed E-state index contributed by atoms with van der Waals surface area (Å²) in [5.41, 5.74) is 3.13. The van der Waals surface area contributed by atoms with Crippen LogP contribution in [0.5, 0.6) is 5.75 Å². The summed E-state index contributed by atoms with van der Waals surface area (Å²) in [5, 5.41) is 3.23. The summed E-state index contributed by atoms with van der Waals surface area (Å²) in [6.07, 6.45) is 0. The Kier molecular flexibility index (Phi) is 6.04. The van der Waals surface area contributed by atoms with E-state index >= 15 is 0 Å². The fourth-order valence-corrected chi connectivity index (χ4v) is 2.66. The fourth-order valence-electron chi connectivity index (χ4n) is 2.49. The van der Waals surface area contributed by atoms with Crippen LogP contribution >= 0.6 is 11.6 Å². The van der Waals surface area contributed by atoms with E-state index in [0.717, 1.165) is 16.8 Å². The molecule has 0 spiro atoms. The number of halogens is 1. The first-order valence-corrected chi connectivity index (χ1v) is 8.18. The third-order valence-electron chi connectivity index (χ3n) is 3.77. The topological polar surface area (TPSA) is 58.6 Å². The number of nitrogens with zero attached hydrogens (tertiary/aromatic N) is 1. The number of rotatable bonds is 5. The number of hydrogen-bond donors (Lipinski definition) is 1. The molecule has 132 valence electrons. The van der Waals surface area contributed by atoms with Crippen LogP contribution in [0.1, 0.15) is 18.1 Å². The number of anilines is 2. The molecule has 0 aliphatic carbocycles. The molecule has 0 fully saturated rings. The van der Waals surface area contributed by atoms with Gasteiger partial charge in [0.2, 0.25) is 11.8 Å². The molecule has 0 saturated heterocycles. The molecule has 0 atom stereocenters. The number of benzene rings is 2. The monoisotopic (exact) mass is 360 g/mol. The first kappa shape index (κ1) is 18.8. The highest BCUT2D eigenvalue weighted by atomic mass is 35.5. The SMILES string of the molecule is COc1ccc(Cl)cc1NC(=O)CN(C(C)=O)c1cc(C)ccc1C. The molecule has 0 bridgehead atoms. The zero-order chi connectivity index (χ0) is 18.6. The van der Waals surface area contributed by atoms with Crippen molar-refractivity contribution in [2.24, 2.45) is 0 Å². The largest absolute Gasteiger partial charge is 0.495 e. The molecule has 0 heterocycles. The zero-order valence-electron chi connectivity index (χ0n) is 14.7. The average molecular weight is 361 g/mol. The molecule has 2 aromatic rings. The van der Waals surface area contributed by atoms with E-state index < -0.39 is 0 Å². The molecule has 6 heteroatoms. The van der Waals surface area contributed by atoms with Crippen molar-refractivity contribution < 1.29 is 14.3 Å². The Bertz CT molecular complexity index is 805. The minimum atomic E-state index is -0.336. The van der Waals surface area contributed by atoms with Gasteiger partial charge >= 0.3 is 0 Å². The Morgan fingerprint density at radius 1 is 1.16 bits per heavy atom. The van der Waals surface area contributed by atoms with E-state index in [4.69, 9.17) is 16.3 Å². The van der Waals surface area contributed by atoms with E-state index in [1.165, 1.54) is 18.9 Å². The van der Waals surface area contributed by atoms with Crippen LogP contribution in [-0.2, 0) is 9.59 Å². The van der Waals surface area contributed by atoms with Crippen molar-refractivity contribution in [1.82, 2.24) is 0 Å². The lowest BCUT2D eigenvalue weighted by atomic mass is 10.1. The van der Waals surface area contributed by atoms with Crippen molar-refractivity contribution in [2.45, 2.75) is 20.8 Å². The van der Waals surface area contributed by atoms with Gasteiger partial charge in [-0.25, -0.2) is 0 Å². The molecular formula is C19H21ClN2O3. The summed E-state index contributed by atoms with van der Waals surface area (Å²) in [5.74, 6) is -0.0440. The Hall–Kier alpha value is -2.53. The summed E-state index contributed by atoms with van der Waals surface area (Å²) in [7, 11) is 1.51. The number of carbonyl (C=O) groups excluding carboxylic acids is 2. The Labute approximate surface area is 152 Å². The number of hydrogen-bond acceptors (Lipinski definition) is 3. The van der Waals surface area contributed by atoms with Crippen LogP contribution in [0.3, 0.4) is 0 Å². The Balaban J connectivity index is 2.23.